The number of esters is 1. The van der Waals surface area contributed by atoms with Gasteiger partial charge in [0.25, 0.3) is 5.91 Å². The zero-order chi connectivity index (χ0) is 21.4. The molecule has 0 aromatic heterocycles. The highest BCUT2D eigenvalue weighted by atomic mass is 32.2. The molecule has 2 aromatic rings. The Balaban J connectivity index is 1.91. The fourth-order valence-electron chi connectivity index (χ4n) is 2.56. The number of benzene rings is 2. The predicted octanol–water partition coefficient (Wildman–Crippen LogP) is 1.43. The number of likely N-dealkylation sites (N-methyl/N-ethyl adjacent to an activating group) is 1. The van der Waals surface area contributed by atoms with Gasteiger partial charge in [0.05, 0.1) is 10.5 Å². The summed E-state index contributed by atoms with van der Waals surface area (Å²) in [5, 5.41) is 9.02. The molecule has 0 spiro atoms. The molecule has 0 aliphatic rings. The van der Waals surface area contributed by atoms with Gasteiger partial charge in [0.1, 0.15) is 12.6 Å². The SMILES string of the molecule is C[C@H](OC(=O)CNS(=O)(=O)c1ccccc1C#N)C(=O)N(C)Cc1ccccc1. The van der Waals surface area contributed by atoms with Crippen molar-refractivity contribution in [2.75, 3.05) is 13.6 Å². The summed E-state index contributed by atoms with van der Waals surface area (Å²) in [5.41, 5.74) is 0.880. The lowest BCUT2D eigenvalue weighted by atomic mass is 10.2. The van der Waals surface area contributed by atoms with Gasteiger partial charge in [-0.25, -0.2) is 8.42 Å². The van der Waals surface area contributed by atoms with E-state index < -0.39 is 34.5 Å². The van der Waals surface area contributed by atoms with Crippen molar-refractivity contribution in [2.45, 2.75) is 24.5 Å². The molecular weight excluding hydrogens is 394 g/mol. The molecule has 0 heterocycles. The minimum absolute atomic E-state index is 0.0422. The molecule has 152 valence electrons. The van der Waals surface area contributed by atoms with Gasteiger partial charge in [0.15, 0.2) is 6.10 Å². The Morgan fingerprint density at radius 1 is 1.14 bits per heavy atom. The topological polar surface area (TPSA) is 117 Å². The molecule has 29 heavy (non-hydrogen) atoms. The summed E-state index contributed by atoms with van der Waals surface area (Å²) in [4.78, 5) is 25.5. The highest BCUT2D eigenvalue weighted by molar-refractivity contribution is 7.89. The van der Waals surface area contributed by atoms with E-state index in [2.05, 4.69) is 4.72 Å². The Hall–Kier alpha value is -3.22. The average molecular weight is 415 g/mol. The third-order valence-corrected chi connectivity index (χ3v) is 5.46. The van der Waals surface area contributed by atoms with Crippen molar-refractivity contribution in [3.63, 3.8) is 0 Å². The van der Waals surface area contributed by atoms with Gasteiger partial charge in [-0.2, -0.15) is 9.98 Å². The standard InChI is InChI=1S/C20H21N3O5S/c1-15(20(25)23(2)14-16-8-4-3-5-9-16)28-19(24)13-22-29(26,27)18-11-7-6-10-17(18)12-21/h3-11,15,22H,13-14H2,1-2H3/t15-/m0/s1. The molecule has 8 nitrogen and oxygen atoms in total. The van der Waals surface area contributed by atoms with Crippen molar-refractivity contribution in [1.82, 2.24) is 9.62 Å². The van der Waals surface area contributed by atoms with E-state index >= 15 is 0 Å². The zero-order valence-corrected chi connectivity index (χ0v) is 16.8. The van der Waals surface area contributed by atoms with E-state index in [4.69, 9.17) is 10.00 Å². The van der Waals surface area contributed by atoms with Crippen LogP contribution in [0.4, 0.5) is 0 Å². The second-order valence-corrected chi connectivity index (χ2v) is 7.98. The van der Waals surface area contributed by atoms with Gasteiger partial charge in [-0.1, -0.05) is 42.5 Å². The molecule has 0 aliphatic carbocycles. The van der Waals surface area contributed by atoms with Gasteiger partial charge in [-0.15, -0.1) is 0 Å². The van der Waals surface area contributed by atoms with Crippen molar-refractivity contribution >= 4 is 21.9 Å². The molecule has 1 N–H and O–H groups in total. The van der Waals surface area contributed by atoms with Crippen LogP contribution in [-0.2, 0) is 30.9 Å². The summed E-state index contributed by atoms with van der Waals surface area (Å²) in [5.74, 6) is -1.32. The summed E-state index contributed by atoms with van der Waals surface area (Å²) >= 11 is 0. The van der Waals surface area contributed by atoms with E-state index in [0.29, 0.717) is 6.54 Å². The van der Waals surface area contributed by atoms with Gasteiger partial charge in [0, 0.05) is 13.6 Å². The Morgan fingerprint density at radius 2 is 1.76 bits per heavy atom. The second kappa shape index (κ2) is 9.82. The van der Waals surface area contributed by atoms with E-state index in [0.717, 1.165) is 5.56 Å². The third kappa shape index (κ3) is 6.14. The van der Waals surface area contributed by atoms with E-state index in [1.807, 2.05) is 30.3 Å². The largest absolute Gasteiger partial charge is 0.452 e. The van der Waals surface area contributed by atoms with Crippen LogP contribution in [0.1, 0.15) is 18.1 Å². The maximum atomic E-state index is 12.4. The average Bonchev–Trinajstić information content (AvgIpc) is 2.72. The van der Waals surface area contributed by atoms with Gasteiger partial charge < -0.3 is 9.64 Å². The van der Waals surface area contributed by atoms with E-state index in [9.17, 15) is 18.0 Å². The maximum Gasteiger partial charge on any atom is 0.321 e. The lowest BCUT2D eigenvalue weighted by Crippen LogP contribution is -2.39. The van der Waals surface area contributed by atoms with Crippen LogP contribution >= 0.6 is 0 Å². The summed E-state index contributed by atoms with van der Waals surface area (Å²) in [6.45, 7) is 1.10. The van der Waals surface area contributed by atoms with E-state index in [1.165, 1.54) is 36.1 Å². The Labute approximate surface area is 169 Å². The molecule has 0 saturated heterocycles. The molecule has 0 bridgehead atoms. The van der Waals surface area contributed by atoms with Crippen LogP contribution in [0.5, 0.6) is 0 Å². The van der Waals surface area contributed by atoms with E-state index in [-0.39, 0.29) is 10.5 Å². The first-order valence-corrected chi connectivity index (χ1v) is 10.2. The van der Waals surface area contributed by atoms with Gasteiger partial charge in [-0.3, -0.25) is 9.59 Å². The Kier molecular flexibility index (Phi) is 7.47. The van der Waals surface area contributed by atoms with Crippen LogP contribution in [0.3, 0.4) is 0 Å². The monoisotopic (exact) mass is 415 g/mol. The molecule has 0 unspecified atom stereocenters. The third-order valence-electron chi connectivity index (χ3n) is 4.00. The lowest BCUT2D eigenvalue weighted by Gasteiger charge is -2.21. The number of sulfonamides is 1. The first-order valence-electron chi connectivity index (χ1n) is 8.72. The van der Waals surface area contributed by atoms with E-state index in [1.54, 1.807) is 13.1 Å². The number of nitriles is 1. The first kappa shape index (κ1) is 22.1. The van der Waals surface area contributed by atoms with Crippen LogP contribution in [0.25, 0.3) is 0 Å². The van der Waals surface area contributed by atoms with Crippen molar-refractivity contribution in [3.05, 3.63) is 65.7 Å². The lowest BCUT2D eigenvalue weighted by molar-refractivity contribution is -0.157. The number of carbonyl (C=O) groups excluding carboxylic acids is 2. The van der Waals surface area contributed by atoms with Gasteiger partial charge in [-0.05, 0) is 24.6 Å². The van der Waals surface area contributed by atoms with Crippen molar-refractivity contribution in [3.8, 4) is 6.07 Å². The number of carbonyl (C=O) groups is 2. The summed E-state index contributed by atoms with van der Waals surface area (Å²) < 4.78 is 31.7. The Bertz CT molecular complexity index is 1020. The van der Waals surface area contributed by atoms with Crippen molar-refractivity contribution in [2.24, 2.45) is 0 Å². The normalized spacial score (nSPS) is 11.9. The number of rotatable bonds is 8. The maximum absolute atomic E-state index is 12.4. The molecular formula is C20H21N3O5S. The summed E-state index contributed by atoms with van der Waals surface area (Å²) in [7, 11) is -2.50. The smallest absolute Gasteiger partial charge is 0.321 e. The number of hydrogen-bond donors (Lipinski definition) is 1. The number of amides is 1. The highest BCUT2D eigenvalue weighted by Gasteiger charge is 2.24. The molecule has 2 aromatic carbocycles. The molecule has 2 rings (SSSR count). The first-order chi connectivity index (χ1) is 13.7. The molecule has 0 fully saturated rings. The quantitative estimate of drug-likeness (QED) is 0.652. The minimum Gasteiger partial charge on any atom is -0.452 e. The van der Waals surface area contributed by atoms with Crippen LogP contribution in [0.15, 0.2) is 59.5 Å². The van der Waals surface area contributed by atoms with Crippen LogP contribution in [0, 0.1) is 11.3 Å². The molecule has 0 saturated carbocycles. The van der Waals surface area contributed by atoms with Gasteiger partial charge in [0.2, 0.25) is 10.0 Å². The predicted molar refractivity (Wildman–Crippen MR) is 105 cm³/mol. The zero-order valence-electron chi connectivity index (χ0n) is 16.0. The van der Waals surface area contributed by atoms with Crippen LogP contribution in [0.2, 0.25) is 0 Å². The Morgan fingerprint density at radius 3 is 2.41 bits per heavy atom. The number of hydrogen-bond acceptors (Lipinski definition) is 6. The second-order valence-electron chi connectivity index (χ2n) is 6.24. The molecule has 0 aliphatic heterocycles. The number of nitrogens with zero attached hydrogens (tertiary/aromatic N) is 2. The van der Waals surface area contributed by atoms with Crippen LogP contribution in [-0.4, -0.2) is 44.9 Å². The van der Waals surface area contributed by atoms with Crippen molar-refractivity contribution < 1.29 is 22.7 Å². The van der Waals surface area contributed by atoms with Crippen molar-refractivity contribution in [1.29, 1.82) is 5.26 Å². The van der Waals surface area contributed by atoms with Gasteiger partial charge >= 0.3 is 5.97 Å². The molecule has 9 heteroatoms. The fourth-order valence-corrected chi connectivity index (χ4v) is 3.68. The fraction of sp³-hybridized carbons (Fsp3) is 0.250. The molecule has 0 radical (unpaired) electrons. The number of nitrogens with one attached hydrogen (secondary N) is 1. The minimum atomic E-state index is -4.08. The molecule has 1 amide bonds. The molecule has 1 atom stereocenters. The van der Waals surface area contributed by atoms with Crippen LogP contribution < -0.4 is 4.72 Å². The number of ether oxygens (including phenoxy) is 1. The summed E-state index contributed by atoms with van der Waals surface area (Å²) in [6.07, 6.45) is -1.08. The highest BCUT2D eigenvalue weighted by Crippen LogP contribution is 2.14. The summed E-state index contributed by atoms with van der Waals surface area (Å²) in [6, 6.07) is 16.7.